The van der Waals surface area contributed by atoms with Crippen LogP contribution in [-0.2, 0) is 18.7 Å². The number of hydrogen-bond acceptors (Lipinski definition) is 6. The van der Waals surface area contributed by atoms with Crippen molar-refractivity contribution in [2.24, 2.45) is 40.4 Å². The Morgan fingerprint density at radius 1 is 1.18 bits per heavy atom. The first-order valence-electron chi connectivity index (χ1n) is 10.9. The molecule has 0 aromatic heterocycles. The van der Waals surface area contributed by atoms with E-state index in [9.17, 15) is 24.4 Å². The number of hydrogen-bond donors (Lipinski definition) is 4. The van der Waals surface area contributed by atoms with E-state index in [0.29, 0.717) is 18.3 Å². The van der Waals surface area contributed by atoms with Gasteiger partial charge in [-0.15, -0.1) is 0 Å². The minimum absolute atomic E-state index is 0. The van der Waals surface area contributed by atoms with Gasteiger partial charge in [-0.1, -0.05) is 32.4 Å². The SMILES string of the molecule is C[C@@H]1C[C@H]2[C@@H]3CCC4=CC(=O)C=C[C@]4(C)[C@H]3CC[C@]2(C)[C@H]1C(=O)C(O)(O)OP(=O)(O)O.[Na].[Na]. The summed E-state index contributed by atoms with van der Waals surface area (Å²) in [5, 5.41) is 20.2. The van der Waals surface area contributed by atoms with E-state index in [1.807, 2.05) is 19.9 Å². The molecule has 8 nitrogen and oxygen atoms in total. The normalized spacial score (nSPS) is 39.9. The van der Waals surface area contributed by atoms with Gasteiger partial charge in [0, 0.05) is 70.4 Å². The Labute approximate surface area is 238 Å². The molecule has 7 atom stereocenters. The summed E-state index contributed by atoms with van der Waals surface area (Å²) in [6.07, 6.45) is 9.39. The number of ketones is 2. The van der Waals surface area contributed by atoms with Gasteiger partial charge in [0.1, 0.15) is 0 Å². The second-order valence-electron chi connectivity index (χ2n) is 10.4. The molecule has 0 unspecified atom stereocenters. The van der Waals surface area contributed by atoms with Crippen molar-refractivity contribution in [1.29, 1.82) is 0 Å². The summed E-state index contributed by atoms with van der Waals surface area (Å²) >= 11 is 0. The van der Waals surface area contributed by atoms with Crippen molar-refractivity contribution in [2.75, 3.05) is 0 Å². The van der Waals surface area contributed by atoms with Crippen LogP contribution in [0.5, 0.6) is 0 Å². The third-order valence-corrected chi connectivity index (χ3v) is 9.24. The minimum atomic E-state index is -5.28. The maximum atomic E-state index is 13.1. The molecule has 174 valence electrons. The van der Waals surface area contributed by atoms with Gasteiger partial charge < -0.3 is 20.0 Å². The van der Waals surface area contributed by atoms with Gasteiger partial charge in [-0.05, 0) is 73.3 Å². The van der Waals surface area contributed by atoms with Gasteiger partial charge in [0.25, 0.3) is 0 Å². The standard InChI is InChI=1S/C22H31O8P.2Na/c1-12-10-17-15-5-4-13-11-14(23)6-8-20(13,2)16(15)7-9-21(17,3)18(12)19(24)22(25,26)30-31(27,28)29;;/h6,8,11-12,15-18,25-26H,4-5,7,9-10H2,1-3H3,(H2,27,28,29);;/t12-,15-,16+,17+,18-,20+,21+;;/m1../s1. The molecule has 3 saturated carbocycles. The zero-order valence-electron chi connectivity index (χ0n) is 20.0. The van der Waals surface area contributed by atoms with Crippen molar-refractivity contribution in [1.82, 2.24) is 0 Å². The molecule has 2 radical (unpaired) electrons. The van der Waals surface area contributed by atoms with Crippen LogP contribution in [0.15, 0.2) is 23.8 Å². The Bertz CT molecular complexity index is 927. The number of allylic oxidation sites excluding steroid dienone is 4. The Kier molecular flexibility index (Phi) is 9.08. The molecule has 0 spiro atoms. The van der Waals surface area contributed by atoms with E-state index in [1.54, 1.807) is 12.2 Å². The van der Waals surface area contributed by atoms with Gasteiger partial charge in [-0.25, -0.2) is 9.09 Å². The quantitative estimate of drug-likeness (QED) is 0.260. The van der Waals surface area contributed by atoms with E-state index in [-0.39, 0.29) is 82.1 Å². The summed E-state index contributed by atoms with van der Waals surface area (Å²) in [5.41, 5.74) is 0.451. The molecule has 0 aromatic carbocycles. The van der Waals surface area contributed by atoms with Crippen molar-refractivity contribution >= 4 is 78.5 Å². The average molecular weight is 500 g/mol. The summed E-state index contributed by atoms with van der Waals surface area (Å²) in [5.74, 6) is -4.76. The van der Waals surface area contributed by atoms with E-state index >= 15 is 0 Å². The third-order valence-electron chi connectivity index (χ3n) is 8.75. The first kappa shape index (κ1) is 30.1. The maximum absolute atomic E-state index is 13.1. The molecule has 4 aliphatic rings. The van der Waals surface area contributed by atoms with Gasteiger partial charge in [0.15, 0.2) is 5.78 Å². The fraction of sp³-hybridized carbons (Fsp3) is 0.727. The van der Waals surface area contributed by atoms with Crippen molar-refractivity contribution in [3.8, 4) is 0 Å². The number of rotatable bonds is 4. The Morgan fingerprint density at radius 2 is 1.82 bits per heavy atom. The number of Topliss-reactive ketones (excluding diaryl/α,β-unsaturated/α-hetero) is 1. The maximum Gasteiger partial charge on any atom is 0.474 e. The second kappa shape index (κ2) is 9.96. The first-order chi connectivity index (χ1) is 14.2. The zero-order chi connectivity index (χ0) is 23.0. The van der Waals surface area contributed by atoms with E-state index in [4.69, 9.17) is 9.79 Å². The third kappa shape index (κ3) is 5.16. The van der Waals surface area contributed by atoms with Crippen LogP contribution in [0.2, 0.25) is 0 Å². The predicted octanol–water partition coefficient (Wildman–Crippen LogP) is 1.71. The van der Waals surface area contributed by atoms with Crippen molar-refractivity contribution in [3.05, 3.63) is 23.8 Å². The van der Waals surface area contributed by atoms with Crippen LogP contribution < -0.4 is 0 Å². The summed E-state index contributed by atoms with van der Waals surface area (Å²) in [7, 11) is -5.28. The van der Waals surface area contributed by atoms with Gasteiger partial charge in [-0.3, -0.25) is 9.59 Å². The molecule has 0 aromatic rings. The topological polar surface area (TPSA) is 141 Å². The first-order valence-corrected chi connectivity index (χ1v) is 12.4. The molecule has 4 N–H and O–H groups in total. The van der Waals surface area contributed by atoms with Crippen molar-refractivity contribution < 1.29 is 38.7 Å². The number of phosphoric acid groups is 1. The average Bonchev–Trinajstić information content (AvgIpc) is 2.90. The number of aliphatic hydroxyl groups is 2. The summed E-state index contributed by atoms with van der Waals surface area (Å²) in [6.45, 7) is 6.05. The van der Waals surface area contributed by atoms with E-state index in [1.165, 1.54) is 5.57 Å². The number of carbonyl (C=O) groups excluding carboxylic acids is 2. The molecule has 11 heteroatoms. The summed E-state index contributed by atoms with van der Waals surface area (Å²) in [4.78, 5) is 43.0. The number of carbonyl (C=O) groups is 2. The molecule has 33 heavy (non-hydrogen) atoms. The number of phosphoric ester groups is 1. The van der Waals surface area contributed by atoms with Gasteiger partial charge in [-0.2, -0.15) is 0 Å². The Hall–Kier alpha value is 0.850. The molecule has 0 bridgehead atoms. The fourth-order valence-corrected chi connectivity index (χ4v) is 7.96. The molecular weight excluding hydrogens is 469 g/mol. The van der Waals surface area contributed by atoms with Gasteiger partial charge in [0.2, 0.25) is 5.78 Å². The monoisotopic (exact) mass is 500 g/mol. The van der Waals surface area contributed by atoms with Crippen LogP contribution >= 0.6 is 7.82 Å². The molecule has 4 aliphatic carbocycles. The summed E-state index contributed by atoms with van der Waals surface area (Å²) in [6, 6.07) is 0. The van der Waals surface area contributed by atoms with E-state index in [2.05, 4.69) is 11.4 Å². The van der Waals surface area contributed by atoms with Crippen molar-refractivity contribution in [2.45, 2.75) is 58.8 Å². The van der Waals surface area contributed by atoms with Crippen LogP contribution in [0, 0.1) is 40.4 Å². The van der Waals surface area contributed by atoms with Crippen LogP contribution in [-0.4, -0.2) is 96.7 Å². The fourth-order valence-electron chi connectivity index (χ4n) is 7.53. The Balaban J connectivity index is 0.00000193. The molecule has 3 fully saturated rings. The van der Waals surface area contributed by atoms with Crippen LogP contribution in [0.4, 0.5) is 0 Å². The van der Waals surface area contributed by atoms with Crippen LogP contribution in [0.1, 0.15) is 52.9 Å². The zero-order valence-corrected chi connectivity index (χ0v) is 24.9. The molecule has 0 heterocycles. The summed E-state index contributed by atoms with van der Waals surface area (Å²) < 4.78 is 15.2. The largest absolute Gasteiger partial charge is 0.474 e. The minimum Gasteiger partial charge on any atom is -0.337 e. The molecular formula is C22H31Na2O8P. The molecule has 0 aliphatic heterocycles. The predicted molar refractivity (Wildman–Crippen MR) is 121 cm³/mol. The molecule has 0 saturated heterocycles. The second-order valence-corrected chi connectivity index (χ2v) is 11.6. The molecule has 0 amide bonds. The van der Waals surface area contributed by atoms with Crippen LogP contribution in [0.25, 0.3) is 0 Å². The smallest absolute Gasteiger partial charge is 0.337 e. The van der Waals surface area contributed by atoms with Crippen LogP contribution in [0.3, 0.4) is 0 Å². The van der Waals surface area contributed by atoms with E-state index < -0.39 is 30.9 Å². The van der Waals surface area contributed by atoms with Crippen molar-refractivity contribution in [3.63, 3.8) is 0 Å². The van der Waals surface area contributed by atoms with E-state index in [0.717, 1.165) is 25.7 Å². The Morgan fingerprint density at radius 3 is 2.42 bits per heavy atom. The van der Waals surface area contributed by atoms with Gasteiger partial charge in [0.05, 0.1) is 0 Å². The van der Waals surface area contributed by atoms with Gasteiger partial charge >= 0.3 is 13.8 Å². The number of fused-ring (bicyclic) bond motifs is 5. The molecule has 4 rings (SSSR count).